The molecule has 1 saturated heterocycles. The molecule has 27 heavy (non-hydrogen) atoms. The second-order valence-electron chi connectivity index (χ2n) is 6.73. The number of ether oxygens (including phenoxy) is 3. The Kier molecular flexibility index (Phi) is 5.14. The minimum absolute atomic E-state index is 0.239. The van der Waals surface area contributed by atoms with Gasteiger partial charge in [-0.1, -0.05) is 6.07 Å². The van der Waals surface area contributed by atoms with E-state index < -0.39 is 0 Å². The van der Waals surface area contributed by atoms with E-state index >= 15 is 0 Å². The zero-order chi connectivity index (χ0) is 18.6. The van der Waals surface area contributed by atoms with Crippen molar-refractivity contribution in [3.63, 3.8) is 0 Å². The summed E-state index contributed by atoms with van der Waals surface area (Å²) >= 11 is 0. The summed E-state index contributed by atoms with van der Waals surface area (Å²) < 4.78 is 16.6. The Bertz CT molecular complexity index is 806. The van der Waals surface area contributed by atoms with Gasteiger partial charge in [0.15, 0.2) is 11.5 Å². The van der Waals surface area contributed by atoms with Crippen LogP contribution in [0.1, 0.15) is 48.1 Å². The van der Waals surface area contributed by atoms with Crippen LogP contribution >= 0.6 is 0 Å². The molecule has 0 bridgehead atoms. The van der Waals surface area contributed by atoms with Gasteiger partial charge in [0.25, 0.3) is 0 Å². The van der Waals surface area contributed by atoms with Crippen molar-refractivity contribution in [1.29, 1.82) is 0 Å². The number of fused-ring (bicyclic) bond motifs is 1. The van der Waals surface area contributed by atoms with E-state index in [1.54, 1.807) is 19.2 Å². The van der Waals surface area contributed by atoms with Crippen LogP contribution in [0.4, 0.5) is 5.82 Å². The molecule has 0 N–H and O–H groups in total. The van der Waals surface area contributed by atoms with E-state index in [4.69, 9.17) is 14.2 Å². The second kappa shape index (κ2) is 7.86. The molecular formula is C21H24N2O4. The zero-order valence-electron chi connectivity index (χ0n) is 15.5. The van der Waals surface area contributed by atoms with Crippen molar-refractivity contribution < 1.29 is 19.0 Å². The van der Waals surface area contributed by atoms with Crippen LogP contribution in [0.2, 0.25) is 0 Å². The van der Waals surface area contributed by atoms with Gasteiger partial charge in [0.1, 0.15) is 5.82 Å². The molecule has 4 rings (SSSR count). The van der Waals surface area contributed by atoms with E-state index in [0.29, 0.717) is 25.4 Å². The molecule has 0 spiro atoms. The van der Waals surface area contributed by atoms with Crippen molar-refractivity contribution >= 4 is 11.8 Å². The predicted octanol–water partition coefficient (Wildman–Crippen LogP) is 3.76. The van der Waals surface area contributed by atoms with E-state index in [1.807, 2.05) is 12.1 Å². The summed E-state index contributed by atoms with van der Waals surface area (Å²) in [6.07, 6.45) is 4.65. The number of carbonyl (C=O) groups is 1. The van der Waals surface area contributed by atoms with Crippen LogP contribution < -0.4 is 14.4 Å². The Labute approximate surface area is 159 Å². The fourth-order valence-corrected chi connectivity index (χ4v) is 3.67. The van der Waals surface area contributed by atoms with Crippen LogP contribution in [-0.2, 0) is 4.74 Å². The van der Waals surface area contributed by atoms with E-state index in [2.05, 4.69) is 22.0 Å². The van der Waals surface area contributed by atoms with Crippen molar-refractivity contribution in [3.8, 4) is 11.5 Å². The van der Waals surface area contributed by atoms with Gasteiger partial charge in [-0.3, -0.25) is 0 Å². The molecule has 2 aromatic rings. The SMILES string of the molecule is CCOC(=O)c1ccc(N2CCC[C@H]2c2ccc3c(c2)OCCCO3)nc1. The lowest BCUT2D eigenvalue weighted by atomic mass is 10.0. The molecule has 0 unspecified atom stereocenters. The molecule has 6 heteroatoms. The number of anilines is 1. The van der Waals surface area contributed by atoms with Crippen molar-refractivity contribution in [2.24, 2.45) is 0 Å². The molecule has 3 heterocycles. The molecule has 0 saturated carbocycles. The van der Waals surface area contributed by atoms with Crippen LogP contribution in [0.15, 0.2) is 36.5 Å². The Morgan fingerprint density at radius 1 is 1.19 bits per heavy atom. The molecule has 0 aliphatic carbocycles. The predicted molar refractivity (Wildman–Crippen MR) is 102 cm³/mol. The maximum Gasteiger partial charge on any atom is 0.339 e. The van der Waals surface area contributed by atoms with E-state index in [-0.39, 0.29) is 12.0 Å². The normalized spacial score (nSPS) is 18.9. The highest BCUT2D eigenvalue weighted by Crippen LogP contribution is 2.39. The lowest BCUT2D eigenvalue weighted by Crippen LogP contribution is -2.23. The molecule has 1 fully saturated rings. The standard InChI is InChI=1S/C21H24N2O4/c1-2-25-21(24)16-7-9-20(22-14-16)23-10-3-5-17(23)15-6-8-18-19(13-15)27-12-4-11-26-18/h6-9,13-14,17H,2-5,10-12H2,1H3/t17-/m0/s1. The summed E-state index contributed by atoms with van der Waals surface area (Å²) in [5, 5.41) is 0. The molecular weight excluding hydrogens is 344 g/mol. The minimum atomic E-state index is -0.336. The van der Waals surface area contributed by atoms with Gasteiger partial charge in [0.2, 0.25) is 0 Å². The summed E-state index contributed by atoms with van der Waals surface area (Å²) in [5.74, 6) is 2.18. The number of esters is 1. The van der Waals surface area contributed by atoms with Gasteiger partial charge in [-0.2, -0.15) is 0 Å². The Hall–Kier alpha value is -2.76. The molecule has 0 radical (unpaired) electrons. The average Bonchev–Trinajstić information content (AvgIpc) is 3.07. The summed E-state index contributed by atoms with van der Waals surface area (Å²) in [4.78, 5) is 18.6. The molecule has 2 aliphatic rings. The van der Waals surface area contributed by atoms with Crippen molar-refractivity contribution in [1.82, 2.24) is 4.98 Å². The first-order chi connectivity index (χ1) is 13.3. The third-order valence-electron chi connectivity index (χ3n) is 4.96. The number of benzene rings is 1. The number of hydrogen-bond acceptors (Lipinski definition) is 6. The number of pyridine rings is 1. The van der Waals surface area contributed by atoms with Gasteiger partial charge in [-0.15, -0.1) is 0 Å². The van der Waals surface area contributed by atoms with E-state index in [0.717, 1.165) is 43.1 Å². The first-order valence-corrected chi connectivity index (χ1v) is 9.55. The molecule has 142 valence electrons. The summed E-state index contributed by atoms with van der Waals surface area (Å²) in [7, 11) is 0. The Morgan fingerprint density at radius 2 is 2.04 bits per heavy atom. The number of rotatable bonds is 4. The summed E-state index contributed by atoms with van der Waals surface area (Å²) in [6, 6.07) is 10.1. The average molecular weight is 368 g/mol. The smallest absolute Gasteiger partial charge is 0.339 e. The molecule has 2 aliphatic heterocycles. The highest BCUT2D eigenvalue weighted by atomic mass is 16.5. The van der Waals surface area contributed by atoms with Gasteiger partial charge >= 0.3 is 5.97 Å². The van der Waals surface area contributed by atoms with Gasteiger partial charge in [-0.25, -0.2) is 9.78 Å². The topological polar surface area (TPSA) is 60.9 Å². The fraction of sp³-hybridized carbons (Fsp3) is 0.429. The molecule has 1 aromatic heterocycles. The van der Waals surface area contributed by atoms with Gasteiger partial charge < -0.3 is 19.1 Å². The summed E-state index contributed by atoms with van der Waals surface area (Å²) in [6.45, 7) is 4.47. The van der Waals surface area contributed by atoms with E-state index in [1.165, 1.54) is 5.56 Å². The minimum Gasteiger partial charge on any atom is -0.490 e. The van der Waals surface area contributed by atoms with Crippen LogP contribution in [-0.4, -0.2) is 37.3 Å². The third kappa shape index (κ3) is 3.70. The van der Waals surface area contributed by atoms with Crippen molar-refractivity contribution in [2.45, 2.75) is 32.2 Å². The molecule has 1 aromatic carbocycles. The van der Waals surface area contributed by atoms with Gasteiger partial charge in [0.05, 0.1) is 31.4 Å². The maximum absolute atomic E-state index is 11.8. The number of hydrogen-bond donors (Lipinski definition) is 0. The number of nitrogens with zero attached hydrogens (tertiary/aromatic N) is 2. The molecule has 1 atom stereocenters. The molecule has 6 nitrogen and oxygen atoms in total. The van der Waals surface area contributed by atoms with Crippen LogP contribution in [0.5, 0.6) is 11.5 Å². The number of aromatic nitrogens is 1. The first-order valence-electron chi connectivity index (χ1n) is 9.55. The second-order valence-corrected chi connectivity index (χ2v) is 6.73. The fourth-order valence-electron chi connectivity index (χ4n) is 3.67. The highest BCUT2D eigenvalue weighted by Gasteiger charge is 2.28. The Balaban J connectivity index is 1.56. The van der Waals surface area contributed by atoms with Gasteiger partial charge in [0, 0.05) is 19.2 Å². The van der Waals surface area contributed by atoms with Crippen molar-refractivity contribution in [3.05, 3.63) is 47.7 Å². The largest absolute Gasteiger partial charge is 0.490 e. The van der Waals surface area contributed by atoms with Gasteiger partial charge in [-0.05, 0) is 49.6 Å². The quantitative estimate of drug-likeness (QED) is 0.766. The lowest BCUT2D eigenvalue weighted by molar-refractivity contribution is 0.0526. The first kappa shape index (κ1) is 17.6. The van der Waals surface area contributed by atoms with Crippen LogP contribution in [0, 0.1) is 0 Å². The summed E-state index contributed by atoms with van der Waals surface area (Å²) in [5.41, 5.74) is 1.68. The monoisotopic (exact) mass is 368 g/mol. The van der Waals surface area contributed by atoms with E-state index in [9.17, 15) is 4.79 Å². The Morgan fingerprint density at radius 3 is 2.81 bits per heavy atom. The third-order valence-corrected chi connectivity index (χ3v) is 4.96. The number of carbonyl (C=O) groups excluding carboxylic acids is 1. The van der Waals surface area contributed by atoms with Crippen molar-refractivity contribution in [2.75, 3.05) is 31.3 Å². The maximum atomic E-state index is 11.8. The zero-order valence-corrected chi connectivity index (χ0v) is 15.5. The lowest BCUT2D eigenvalue weighted by Gasteiger charge is -2.26. The highest BCUT2D eigenvalue weighted by molar-refractivity contribution is 5.89. The molecule has 0 amide bonds. The van der Waals surface area contributed by atoms with Crippen LogP contribution in [0.25, 0.3) is 0 Å². The van der Waals surface area contributed by atoms with Crippen LogP contribution in [0.3, 0.4) is 0 Å².